The summed E-state index contributed by atoms with van der Waals surface area (Å²) in [6, 6.07) is 8.73. The van der Waals surface area contributed by atoms with Crippen LogP contribution in [-0.4, -0.2) is 34.9 Å². The van der Waals surface area contributed by atoms with Crippen LogP contribution in [0, 0.1) is 0 Å². The van der Waals surface area contributed by atoms with E-state index in [2.05, 4.69) is 4.98 Å². The molecule has 1 saturated heterocycles. The van der Waals surface area contributed by atoms with E-state index in [1.807, 2.05) is 18.2 Å². The third-order valence-corrected chi connectivity index (χ3v) is 3.49. The van der Waals surface area contributed by atoms with Gasteiger partial charge < -0.3 is 15.6 Å². The topological polar surface area (TPSA) is 79.2 Å². The van der Waals surface area contributed by atoms with Crippen molar-refractivity contribution in [2.24, 2.45) is 5.73 Å². The molecule has 2 aromatic rings. The van der Waals surface area contributed by atoms with E-state index in [0.29, 0.717) is 24.2 Å². The molecule has 0 unspecified atom stereocenters. The fraction of sp³-hybridized carbons (Fsp3) is 0.286. The minimum absolute atomic E-state index is 0. The van der Waals surface area contributed by atoms with Crippen LogP contribution in [0.4, 0.5) is 0 Å². The highest BCUT2D eigenvalue weighted by Crippen LogP contribution is 2.18. The fourth-order valence-electron chi connectivity index (χ4n) is 2.52. The van der Waals surface area contributed by atoms with Gasteiger partial charge in [-0.15, -0.1) is 12.4 Å². The monoisotopic (exact) mass is 293 g/mol. The number of hydrogen-bond donors (Lipinski definition) is 2. The molecule has 0 radical (unpaired) electrons. The highest BCUT2D eigenvalue weighted by atomic mass is 35.5. The summed E-state index contributed by atoms with van der Waals surface area (Å²) in [5.74, 6) is -0.116. The normalized spacial score (nSPS) is 18.1. The van der Waals surface area contributed by atoms with Gasteiger partial charge in [-0.1, -0.05) is 18.2 Å². The minimum atomic E-state index is -0.259. The van der Waals surface area contributed by atoms with E-state index < -0.39 is 0 Å². The number of carbonyl (C=O) groups is 1. The SMILES string of the molecule is Cl.N[C@@H]1CCN(C(=O)c2cc(=O)[nH]c3ccccc23)C1. The van der Waals surface area contributed by atoms with Crippen molar-refractivity contribution in [1.29, 1.82) is 0 Å². The van der Waals surface area contributed by atoms with Gasteiger partial charge in [-0.05, 0) is 12.5 Å². The number of carbonyl (C=O) groups excluding carboxylic acids is 1. The first kappa shape index (κ1) is 14.6. The summed E-state index contributed by atoms with van der Waals surface area (Å²) in [5.41, 5.74) is 6.70. The number of fused-ring (bicyclic) bond motifs is 1. The average molecular weight is 294 g/mol. The van der Waals surface area contributed by atoms with Gasteiger partial charge in [-0.2, -0.15) is 0 Å². The molecule has 0 bridgehead atoms. The number of nitrogens with one attached hydrogen (secondary N) is 1. The smallest absolute Gasteiger partial charge is 0.254 e. The third-order valence-electron chi connectivity index (χ3n) is 3.49. The zero-order valence-electron chi connectivity index (χ0n) is 10.8. The zero-order chi connectivity index (χ0) is 13.4. The Morgan fingerprint density at radius 1 is 1.35 bits per heavy atom. The molecular weight excluding hydrogens is 278 g/mol. The van der Waals surface area contributed by atoms with E-state index in [-0.39, 0.29) is 29.9 Å². The molecule has 1 aromatic heterocycles. The Kier molecular flexibility index (Phi) is 4.11. The molecule has 1 aliphatic heterocycles. The van der Waals surface area contributed by atoms with Crippen molar-refractivity contribution in [1.82, 2.24) is 9.88 Å². The standard InChI is InChI=1S/C14H15N3O2.ClH/c15-9-5-6-17(8-9)14(19)11-7-13(18)16-12-4-2-1-3-10(11)12;/h1-4,7,9H,5-6,8,15H2,(H,16,18);1H/t9-;/m1./s1. The van der Waals surface area contributed by atoms with Crippen LogP contribution in [-0.2, 0) is 0 Å². The van der Waals surface area contributed by atoms with Gasteiger partial charge in [0, 0.05) is 36.1 Å². The van der Waals surface area contributed by atoms with Crippen LogP contribution in [0.5, 0.6) is 0 Å². The molecule has 6 heteroatoms. The molecule has 0 saturated carbocycles. The number of aromatic amines is 1. The van der Waals surface area contributed by atoms with E-state index in [4.69, 9.17) is 5.73 Å². The van der Waals surface area contributed by atoms with E-state index in [1.165, 1.54) is 6.07 Å². The van der Waals surface area contributed by atoms with Crippen LogP contribution in [0.15, 0.2) is 35.1 Å². The fourth-order valence-corrected chi connectivity index (χ4v) is 2.52. The molecule has 1 aliphatic rings. The first-order valence-electron chi connectivity index (χ1n) is 6.32. The number of pyridine rings is 1. The van der Waals surface area contributed by atoms with Crippen molar-refractivity contribution >= 4 is 29.2 Å². The number of aromatic nitrogens is 1. The van der Waals surface area contributed by atoms with Crippen molar-refractivity contribution in [3.63, 3.8) is 0 Å². The average Bonchev–Trinajstić information content (AvgIpc) is 2.83. The van der Waals surface area contributed by atoms with Gasteiger partial charge in [0.1, 0.15) is 0 Å². The van der Waals surface area contributed by atoms with Crippen LogP contribution in [0.3, 0.4) is 0 Å². The van der Waals surface area contributed by atoms with Gasteiger partial charge in [0.15, 0.2) is 0 Å². The van der Waals surface area contributed by atoms with E-state index in [0.717, 1.165) is 11.8 Å². The maximum atomic E-state index is 12.5. The zero-order valence-corrected chi connectivity index (χ0v) is 11.7. The van der Waals surface area contributed by atoms with Gasteiger partial charge in [0.2, 0.25) is 5.56 Å². The number of halogens is 1. The molecule has 1 aromatic carbocycles. The second kappa shape index (κ2) is 5.64. The van der Waals surface area contributed by atoms with Crippen LogP contribution < -0.4 is 11.3 Å². The molecule has 2 heterocycles. The lowest BCUT2D eigenvalue weighted by Gasteiger charge is -2.16. The van der Waals surface area contributed by atoms with Crippen molar-refractivity contribution < 1.29 is 4.79 Å². The second-order valence-corrected chi connectivity index (χ2v) is 4.89. The van der Waals surface area contributed by atoms with E-state index in [1.54, 1.807) is 11.0 Å². The predicted octanol–water partition coefficient (Wildman–Crippen LogP) is 1.12. The summed E-state index contributed by atoms with van der Waals surface area (Å²) in [7, 11) is 0. The number of H-pyrrole nitrogens is 1. The Labute approximate surface area is 122 Å². The van der Waals surface area contributed by atoms with Gasteiger partial charge in [0.25, 0.3) is 5.91 Å². The molecule has 5 nitrogen and oxygen atoms in total. The molecule has 106 valence electrons. The number of benzene rings is 1. The second-order valence-electron chi connectivity index (χ2n) is 4.89. The lowest BCUT2D eigenvalue weighted by atomic mass is 10.1. The third kappa shape index (κ3) is 2.55. The number of amides is 1. The molecule has 0 aliphatic carbocycles. The molecule has 20 heavy (non-hydrogen) atoms. The van der Waals surface area contributed by atoms with Crippen molar-refractivity contribution in [2.45, 2.75) is 12.5 Å². The van der Waals surface area contributed by atoms with Crippen molar-refractivity contribution in [3.8, 4) is 0 Å². The Morgan fingerprint density at radius 2 is 2.10 bits per heavy atom. The van der Waals surface area contributed by atoms with Crippen molar-refractivity contribution in [2.75, 3.05) is 13.1 Å². The Hall–Kier alpha value is -1.85. The largest absolute Gasteiger partial charge is 0.337 e. The molecule has 1 amide bonds. The lowest BCUT2D eigenvalue weighted by Crippen LogP contribution is -2.32. The molecule has 3 rings (SSSR count). The molecule has 3 N–H and O–H groups in total. The number of nitrogens with zero attached hydrogens (tertiary/aromatic N) is 1. The predicted molar refractivity (Wildman–Crippen MR) is 80.3 cm³/mol. The van der Waals surface area contributed by atoms with Crippen LogP contribution in [0.25, 0.3) is 10.9 Å². The quantitative estimate of drug-likeness (QED) is 0.827. The maximum absolute atomic E-state index is 12.5. The summed E-state index contributed by atoms with van der Waals surface area (Å²) in [6.07, 6.45) is 0.812. The molecular formula is C14H16ClN3O2. The highest BCUT2D eigenvalue weighted by Gasteiger charge is 2.25. The summed E-state index contributed by atoms with van der Waals surface area (Å²) in [5, 5.41) is 0.771. The van der Waals surface area contributed by atoms with Crippen LogP contribution in [0.1, 0.15) is 16.8 Å². The highest BCUT2D eigenvalue weighted by molar-refractivity contribution is 6.06. The number of hydrogen-bond acceptors (Lipinski definition) is 3. The van der Waals surface area contributed by atoms with E-state index in [9.17, 15) is 9.59 Å². The summed E-state index contributed by atoms with van der Waals surface area (Å²) in [6.45, 7) is 1.21. The number of rotatable bonds is 1. The molecule has 0 spiro atoms. The summed E-state index contributed by atoms with van der Waals surface area (Å²) in [4.78, 5) is 28.6. The van der Waals surface area contributed by atoms with Crippen molar-refractivity contribution in [3.05, 3.63) is 46.2 Å². The number of likely N-dealkylation sites (tertiary alicyclic amines) is 1. The van der Waals surface area contributed by atoms with Gasteiger partial charge in [-0.25, -0.2) is 0 Å². The molecule has 1 atom stereocenters. The first-order chi connectivity index (χ1) is 9.15. The van der Waals surface area contributed by atoms with Gasteiger partial charge in [-0.3, -0.25) is 9.59 Å². The van der Waals surface area contributed by atoms with Crippen LogP contribution in [0.2, 0.25) is 0 Å². The Balaban J connectivity index is 0.00000147. The summed E-state index contributed by atoms with van der Waals surface area (Å²) < 4.78 is 0. The Morgan fingerprint density at radius 3 is 2.80 bits per heavy atom. The van der Waals surface area contributed by atoms with Gasteiger partial charge in [0.05, 0.1) is 5.56 Å². The van der Waals surface area contributed by atoms with E-state index >= 15 is 0 Å². The summed E-state index contributed by atoms with van der Waals surface area (Å²) >= 11 is 0. The first-order valence-corrected chi connectivity index (χ1v) is 6.32. The number of nitrogens with two attached hydrogens (primary N) is 1. The Bertz CT molecular complexity index is 698. The molecule has 1 fully saturated rings. The van der Waals surface area contributed by atoms with Gasteiger partial charge >= 0.3 is 0 Å². The van der Waals surface area contributed by atoms with Crippen LogP contribution >= 0.6 is 12.4 Å². The minimum Gasteiger partial charge on any atom is -0.337 e. The maximum Gasteiger partial charge on any atom is 0.254 e. The lowest BCUT2D eigenvalue weighted by molar-refractivity contribution is 0.0792. The number of para-hydroxylation sites is 1.